The molecule has 2 aromatic rings. The normalized spacial score (nSPS) is 15.4. The molecule has 2 N–H and O–H groups in total. The maximum Gasteiger partial charge on any atom is 0.227 e. The van der Waals surface area contributed by atoms with Crippen LogP contribution in [0.25, 0.3) is 0 Å². The van der Waals surface area contributed by atoms with Gasteiger partial charge in [0.25, 0.3) is 0 Å². The topological polar surface area (TPSA) is 67.4 Å². The zero-order chi connectivity index (χ0) is 19.2. The average Bonchev–Trinajstić information content (AvgIpc) is 2.67. The molecular formula is C21H23FN2O3. The largest absolute Gasteiger partial charge is 0.492 e. The molecule has 1 heterocycles. The van der Waals surface area contributed by atoms with Crippen LogP contribution in [0.4, 0.5) is 10.1 Å². The molecule has 1 aliphatic heterocycles. The molecule has 27 heavy (non-hydrogen) atoms. The van der Waals surface area contributed by atoms with E-state index in [1.54, 1.807) is 18.2 Å². The van der Waals surface area contributed by atoms with Crippen molar-refractivity contribution in [2.75, 3.05) is 11.9 Å². The third-order valence-corrected chi connectivity index (χ3v) is 4.48. The standard InChI is InChI=1S/C21H23FN2O3/c1-2-3-20(25)24-18-8-9-19-15(11-18)10-16(13-27-19)21(26)23-12-14-4-6-17(22)7-5-14/h4-9,11,16H,2-3,10,12-13H2,1H3,(H,23,26)(H,24,25)/t16-/m0/s1. The van der Waals surface area contributed by atoms with E-state index >= 15 is 0 Å². The van der Waals surface area contributed by atoms with Crippen molar-refractivity contribution in [3.05, 3.63) is 59.4 Å². The molecule has 1 atom stereocenters. The zero-order valence-corrected chi connectivity index (χ0v) is 15.3. The van der Waals surface area contributed by atoms with Crippen molar-refractivity contribution in [1.82, 2.24) is 5.32 Å². The Morgan fingerprint density at radius 2 is 1.96 bits per heavy atom. The van der Waals surface area contributed by atoms with Crippen LogP contribution in [-0.2, 0) is 22.6 Å². The van der Waals surface area contributed by atoms with Gasteiger partial charge in [0.15, 0.2) is 0 Å². The van der Waals surface area contributed by atoms with Gasteiger partial charge in [0.05, 0.1) is 5.92 Å². The van der Waals surface area contributed by atoms with Crippen molar-refractivity contribution in [1.29, 1.82) is 0 Å². The summed E-state index contributed by atoms with van der Waals surface area (Å²) in [5.41, 5.74) is 2.45. The highest BCUT2D eigenvalue weighted by Gasteiger charge is 2.26. The SMILES string of the molecule is CCCC(=O)Nc1ccc2c(c1)C[C@H](C(=O)NCc1ccc(F)cc1)CO2. The molecule has 0 saturated carbocycles. The summed E-state index contributed by atoms with van der Waals surface area (Å²) >= 11 is 0. The van der Waals surface area contributed by atoms with Crippen LogP contribution in [0, 0.1) is 11.7 Å². The van der Waals surface area contributed by atoms with E-state index in [1.807, 2.05) is 19.1 Å². The molecule has 142 valence electrons. The van der Waals surface area contributed by atoms with Crippen molar-refractivity contribution in [3.63, 3.8) is 0 Å². The second-order valence-electron chi connectivity index (χ2n) is 6.68. The molecular weight excluding hydrogens is 347 g/mol. The van der Waals surface area contributed by atoms with E-state index in [-0.39, 0.29) is 23.5 Å². The van der Waals surface area contributed by atoms with Gasteiger partial charge in [-0.3, -0.25) is 9.59 Å². The number of carbonyl (C=O) groups excluding carboxylic acids is 2. The van der Waals surface area contributed by atoms with Gasteiger partial charge in [-0.15, -0.1) is 0 Å². The molecule has 2 amide bonds. The first-order valence-electron chi connectivity index (χ1n) is 9.13. The quantitative estimate of drug-likeness (QED) is 0.819. The van der Waals surface area contributed by atoms with Gasteiger partial charge in [0.1, 0.15) is 18.2 Å². The van der Waals surface area contributed by atoms with Crippen molar-refractivity contribution in [2.45, 2.75) is 32.7 Å². The average molecular weight is 370 g/mol. The van der Waals surface area contributed by atoms with Gasteiger partial charge >= 0.3 is 0 Å². The molecule has 0 fully saturated rings. The molecule has 0 spiro atoms. The van der Waals surface area contributed by atoms with E-state index in [9.17, 15) is 14.0 Å². The number of benzene rings is 2. The fourth-order valence-electron chi connectivity index (χ4n) is 3.03. The van der Waals surface area contributed by atoms with E-state index < -0.39 is 0 Å². The lowest BCUT2D eigenvalue weighted by Crippen LogP contribution is -2.37. The summed E-state index contributed by atoms with van der Waals surface area (Å²) in [6.07, 6.45) is 1.81. The van der Waals surface area contributed by atoms with Crippen LogP contribution in [0.3, 0.4) is 0 Å². The van der Waals surface area contributed by atoms with Gasteiger partial charge in [-0.2, -0.15) is 0 Å². The van der Waals surface area contributed by atoms with Crippen LogP contribution in [0.2, 0.25) is 0 Å². The van der Waals surface area contributed by atoms with Crippen molar-refractivity contribution >= 4 is 17.5 Å². The van der Waals surface area contributed by atoms with E-state index in [0.717, 1.165) is 23.3 Å². The first-order valence-corrected chi connectivity index (χ1v) is 9.13. The highest BCUT2D eigenvalue weighted by atomic mass is 19.1. The number of carbonyl (C=O) groups is 2. The summed E-state index contributed by atoms with van der Waals surface area (Å²) < 4.78 is 18.7. The molecule has 2 aromatic carbocycles. The summed E-state index contributed by atoms with van der Waals surface area (Å²) in [5, 5.41) is 5.73. The van der Waals surface area contributed by atoms with Crippen LogP contribution in [-0.4, -0.2) is 18.4 Å². The third kappa shape index (κ3) is 5.06. The Hall–Kier alpha value is -2.89. The van der Waals surface area contributed by atoms with Crippen molar-refractivity contribution in [2.24, 2.45) is 5.92 Å². The minimum absolute atomic E-state index is 0.0252. The highest BCUT2D eigenvalue weighted by molar-refractivity contribution is 5.91. The predicted octanol–water partition coefficient (Wildman–Crippen LogP) is 3.43. The Morgan fingerprint density at radius 1 is 1.19 bits per heavy atom. The Morgan fingerprint density at radius 3 is 2.70 bits per heavy atom. The predicted molar refractivity (Wildman–Crippen MR) is 101 cm³/mol. The number of nitrogens with one attached hydrogen (secondary N) is 2. The lowest BCUT2D eigenvalue weighted by Gasteiger charge is -2.25. The van der Waals surface area contributed by atoms with Crippen LogP contribution in [0.1, 0.15) is 30.9 Å². The molecule has 0 radical (unpaired) electrons. The fraction of sp³-hybridized carbons (Fsp3) is 0.333. The Balaban J connectivity index is 1.59. The minimum Gasteiger partial charge on any atom is -0.492 e. The smallest absolute Gasteiger partial charge is 0.227 e. The van der Waals surface area contributed by atoms with Gasteiger partial charge < -0.3 is 15.4 Å². The molecule has 1 aliphatic rings. The van der Waals surface area contributed by atoms with E-state index in [1.165, 1.54) is 12.1 Å². The molecule has 3 rings (SSSR count). The molecule has 0 bridgehead atoms. The van der Waals surface area contributed by atoms with Gasteiger partial charge in [-0.05, 0) is 54.3 Å². The number of amides is 2. The maximum absolute atomic E-state index is 12.9. The van der Waals surface area contributed by atoms with Gasteiger partial charge in [-0.1, -0.05) is 19.1 Å². The van der Waals surface area contributed by atoms with E-state index in [0.29, 0.717) is 31.7 Å². The first-order chi connectivity index (χ1) is 13.0. The number of anilines is 1. The second-order valence-corrected chi connectivity index (χ2v) is 6.68. The molecule has 0 saturated heterocycles. The zero-order valence-electron chi connectivity index (χ0n) is 15.3. The Bertz CT molecular complexity index is 821. The van der Waals surface area contributed by atoms with Crippen molar-refractivity contribution in [3.8, 4) is 5.75 Å². The summed E-state index contributed by atoms with van der Waals surface area (Å²) in [6.45, 7) is 2.61. The molecule has 0 aliphatic carbocycles. The van der Waals surface area contributed by atoms with Gasteiger partial charge in [0.2, 0.25) is 11.8 Å². The summed E-state index contributed by atoms with van der Waals surface area (Å²) in [6, 6.07) is 11.5. The molecule has 0 unspecified atom stereocenters. The molecule has 0 aromatic heterocycles. The summed E-state index contributed by atoms with van der Waals surface area (Å²) in [4.78, 5) is 24.2. The number of hydrogen-bond acceptors (Lipinski definition) is 3. The molecule has 5 nitrogen and oxygen atoms in total. The number of hydrogen-bond donors (Lipinski definition) is 2. The van der Waals surface area contributed by atoms with Crippen LogP contribution in [0.15, 0.2) is 42.5 Å². The van der Waals surface area contributed by atoms with E-state index in [4.69, 9.17) is 4.74 Å². The fourth-order valence-corrected chi connectivity index (χ4v) is 3.03. The van der Waals surface area contributed by atoms with Crippen LogP contribution in [0.5, 0.6) is 5.75 Å². The number of ether oxygens (including phenoxy) is 1. The monoisotopic (exact) mass is 370 g/mol. The van der Waals surface area contributed by atoms with Crippen molar-refractivity contribution < 1.29 is 18.7 Å². The summed E-state index contributed by atoms with van der Waals surface area (Å²) in [7, 11) is 0. The maximum atomic E-state index is 12.9. The molecule has 6 heteroatoms. The Kier molecular flexibility index (Phi) is 6.06. The Labute approximate surface area is 157 Å². The van der Waals surface area contributed by atoms with Crippen LogP contribution >= 0.6 is 0 Å². The highest BCUT2D eigenvalue weighted by Crippen LogP contribution is 2.30. The third-order valence-electron chi connectivity index (χ3n) is 4.48. The van der Waals surface area contributed by atoms with E-state index in [2.05, 4.69) is 10.6 Å². The second kappa shape index (κ2) is 8.66. The van der Waals surface area contributed by atoms with Gasteiger partial charge in [0, 0.05) is 18.7 Å². The number of halogens is 1. The first kappa shape index (κ1) is 18.9. The lowest BCUT2D eigenvalue weighted by molar-refractivity contribution is -0.126. The lowest BCUT2D eigenvalue weighted by atomic mass is 9.95. The minimum atomic E-state index is -0.306. The van der Waals surface area contributed by atoms with Gasteiger partial charge in [-0.25, -0.2) is 4.39 Å². The number of rotatable bonds is 6. The summed E-state index contributed by atoms with van der Waals surface area (Å²) in [5.74, 6) is 0.00276. The number of fused-ring (bicyclic) bond motifs is 1. The van der Waals surface area contributed by atoms with Crippen LogP contribution < -0.4 is 15.4 Å².